The number of para-hydroxylation sites is 1. The number of esters is 2. The van der Waals surface area contributed by atoms with E-state index in [1.54, 1.807) is 45.0 Å². The molecule has 1 aromatic carbocycles. The van der Waals surface area contributed by atoms with Crippen LogP contribution in [0.25, 0.3) is 0 Å². The third kappa shape index (κ3) is 5.10. The number of aromatic nitrogens is 1. The SMILES string of the molecule is CCOC(=O)c1c(C)[nH]c(C)c1C(=O)COC(=O)COc1ccccc1Cl. The van der Waals surface area contributed by atoms with Gasteiger partial charge in [-0.2, -0.15) is 0 Å². The molecule has 0 spiro atoms. The topological polar surface area (TPSA) is 94.7 Å². The fraction of sp³-hybridized carbons (Fsp3) is 0.316. The number of ether oxygens (including phenoxy) is 3. The van der Waals surface area contributed by atoms with E-state index in [0.717, 1.165) is 0 Å². The molecule has 2 rings (SSSR count). The van der Waals surface area contributed by atoms with Crippen LogP contribution in [0, 0.1) is 13.8 Å². The molecule has 1 heterocycles. The molecule has 0 radical (unpaired) electrons. The fourth-order valence-corrected chi connectivity index (χ4v) is 2.74. The summed E-state index contributed by atoms with van der Waals surface area (Å²) in [5.74, 6) is -1.50. The fourth-order valence-electron chi connectivity index (χ4n) is 2.55. The smallest absolute Gasteiger partial charge is 0.344 e. The number of nitrogens with one attached hydrogen (secondary N) is 1. The molecule has 0 bridgehead atoms. The van der Waals surface area contributed by atoms with Crippen molar-refractivity contribution in [2.45, 2.75) is 20.8 Å². The second-order valence-electron chi connectivity index (χ2n) is 5.65. The first-order valence-electron chi connectivity index (χ1n) is 8.27. The zero-order chi connectivity index (χ0) is 20.0. The Morgan fingerprint density at radius 3 is 2.33 bits per heavy atom. The molecule has 27 heavy (non-hydrogen) atoms. The van der Waals surface area contributed by atoms with Crippen LogP contribution >= 0.6 is 11.6 Å². The van der Waals surface area contributed by atoms with Crippen LogP contribution in [0.1, 0.15) is 39.0 Å². The Balaban J connectivity index is 1.98. The summed E-state index contributed by atoms with van der Waals surface area (Å²) in [7, 11) is 0. The standard InChI is InChI=1S/C19H20ClNO6/c1-4-25-19(24)18-12(3)21-11(2)17(18)14(22)9-27-16(23)10-26-15-8-6-5-7-13(15)20/h5-8,21H,4,9-10H2,1-3H3. The molecule has 1 N–H and O–H groups in total. The molecule has 0 aliphatic heterocycles. The van der Waals surface area contributed by atoms with Gasteiger partial charge in [-0.3, -0.25) is 4.79 Å². The number of hydrogen-bond acceptors (Lipinski definition) is 6. The molecular weight excluding hydrogens is 374 g/mol. The van der Waals surface area contributed by atoms with E-state index in [1.807, 2.05) is 0 Å². The summed E-state index contributed by atoms with van der Waals surface area (Å²) >= 11 is 5.93. The van der Waals surface area contributed by atoms with Gasteiger partial charge in [-0.25, -0.2) is 9.59 Å². The number of ketones is 1. The molecular formula is C19H20ClNO6. The molecule has 0 fully saturated rings. The number of H-pyrrole nitrogens is 1. The van der Waals surface area contributed by atoms with E-state index in [2.05, 4.69) is 4.98 Å². The van der Waals surface area contributed by atoms with E-state index in [4.69, 9.17) is 25.8 Å². The Bertz CT molecular complexity index is 858. The van der Waals surface area contributed by atoms with Crippen LogP contribution in [-0.4, -0.2) is 42.5 Å². The number of aryl methyl sites for hydroxylation is 2. The number of hydrogen-bond donors (Lipinski definition) is 1. The summed E-state index contributed by atoms with van der Waals surface area (Å²) in [5, 5.41) is 0.360. The monoisotopic (exact) mass is 393 g/mol. The summed E-state index contributed by atoms with van der Waals surface area (Å²) in [6, 6.07) is 6.68. The van der Waals surface area contributed by atoms with Crippen molar-refractivity contribution in [1.82, 2.24) is 4.98 Å². The summed E-state index contributed by atoms with van der Waals surface area (Å²) < 4.78 is 15.2. The molecule has 7 nitrogen and oxygen atoms in total. The van der Waals surface area contributed by atoms with Crippen molar-refractivity contribution in [3.05, 3.63) is 51.8 Å². The third-order valence-electron chi connectivity index (χ3n) is 3.68. The van der Waals surface area contributed by atoms with E-state index in [0.29, 0.717) is 22.2 Å². The van der Waals surface area contributed by atoms with Crippen molar-refractivity contribution >= 4 is 29.3 Å². The predicted octanol–water partition coefficient (Wildman–Crippen LogP) is 3.27. The number of rotatable bonds is 8. The molecule has 0 amide bonds. The van der Waals surface area contributed by atoms with Crippen molar-refractivity contribution < 1.29 is 28.6 Å². The van der Waals surface area contributed by atoms with Crippen LogP contribution in [0.3, 0.4) is 0 Å². The number of aromatic amines is 1. The van der Waals surface area contributed by atoms with E-state index in [-0.39, 0.29) is 17.7 Å². The maximum atomic E-state index is 12.5. The third-order valence-corrected chi connectivity index (χ3v) is 3.99. The van der Waals surface area contributed by atoms with E-state index < -0.39 is 30.9 Å². The molecule has 0 unspecified atom stereocenters. The maximum absolute atomic E-state index is 12.5. The van der Waals surface area contributed by atoms with Crippen LogP contribution in [0.4, 0.5) is 0 Å². The molecule has 1 aromatic heterocycles. The van der Waals surface area contributed by atoms with Crippen molar-refractivity contribution in [2.24, 2.45) is 0 Å². The van der Waals surface area contributed by atoms with Crippen LogP contribution in [0.5, 0.6) is 5.75 Å². The van der Waals surface area contributed by atoms with Gasteiger partial charge in [0.25, 0.3) is 0 Å². The molecule has 0 saturated heterocycles. The summed E-state index contributed by atoms with van der Waals surface area (Å²) in [5.41, 5.74) is 1.33. The number of halogens is 1. The van der Waals surface area contributed by atoms with Crippen LogP contribution in [0.15, 0.2) is 24.3 Å². The van der Waals surface area contributed by atoms with E-state index in [9.17, 15) is 14.4 Å². The van der Waals surface area contributed by atoms with Gasteiger partial charge in [0.15, 0.2) is 13.2 Å². The second kappa shape index (κ2) is 9.23. The molecule has 0 saturated carbocycles. The average molecular weight is 394 g/mol. The molecule has 2 aromatic rings. The van der Waals surface area contributed by atoms with Gasteiger partial charge in [0, 0.05) is 11.4 Å². The number of carbonyl (C=O) groups is 3. The van der Waals surface area contributed by atoms with Crippen LogP contribution in [-0.2, 0) is 14.3 Å². The highest BCUT2D eigenvalue weighted by Gasteiger charge is 2.26. The lowest BCUT2D eigenvalue weighted by molar-refractivity contribution is -0.144. The van der Waals surface area contributed by atoms with Gasteiger partial charge in [0.2, 0.25) is 5.78 Å². The minimum atomic E-state index is -0.731. The molecule has 8 heteroatoms. The van der Waals surface area contributed by atoms with Crippen molar-refractivity contribution in [1.29, 1.82) is 0 Å². The van der Waals surface area contributed by atoms with Gasteiger partial charge < -0.3 is 19.2 Å². The van der Waals surface area contributed by atoms with Gasteiger partial charge in [-0.15, -0.1) is 0 Å². The minimum Gasteiger partial charge on any atom is -0.480 e. The lowest BCUT2D eigenvalue weighted by atomic mass is 10.1. The number of benzene rings is 1. The summed E-state index contributed by atoms with van der Waals surface area (Å²) in [6.07, 6.45) is 0. The zero-order valence-electron chi connectivity index (χ0n) is 15.3. The Morgan fingerprint density at radius 1 is 1.00 bits per heavy atom. The lowest BCUT2D eigenvalue weighted by Gasteiger charge is -2.09. The van der Waals surface area contributed by atoms with Gasteiger partial charge in [-0.05, 0) is 32.9 Å². The van der Waals surface area contributed by atoms with Crippen molar-refractivity contribution in [3.63, 3.8) is 0 Å². The van der Waals surface area contributed by atoms with Gasteiger partial charge >= 0.3 is 11.9 Å². The minimum absolute atomic E-state index is 0.155. The first-order valence-corrected chi connectivity index (χ1v) is 8.65. The summed E-state index contributed by atoms with van der Waals surface area (Å²) in [6.45, 7) is 4.27. The Labute approximate surface area is 161 Å². The number of carbonyl (C=O) groups excluding carboxylic acids is 3. The lowest BCUT2D eigenvalue weighted by Crippen LogP contribution is -2.21. The van der Waals surface area contributed by atoms with Crippen molar-refractivity contribution in [2.75, 3.05) is 19.8 Å². The van der Waals surface area contributed by atoms with E-state index in [1.165, 1.54) is 0 Å². The Hall–Kier alpha value is -2.80. The van der Waals surface area contributed by atoms with Crippen molar-refractivity contribution in [3.8, 4) is 5.75 Å². The molecule has 144 valence electrons. The quantitative estimate of drug-likeness (QED) is 0.546. The highest BCUT2D eigenvalue weighted by Crippen LogP contribution is 2.23. The molecule has 0 aliphatic carbocycles. The molecule has 0 aliphatic rings. The van der Waals surface area contributed by atoms with Crippen LogP contribution in [0.2, 0.25) is 5.02 Å². The average Bonchev–Trinajstić information content (AvgIpc) is 2.93. The maximum Gasteiger partial charge on any atom is 0.344 e. The number of Topliss-reactive ketones (excluding diaryl/α,β-unsaturated/α-hetero) is 1. The largest absolute Gasteiger partial charge is 0.480 e. The normalized spacial score (nSPS) is 10.4. The first kappa shape index (κ1) is 20.5. The van der Waals surface area contributed by atoms with E-state index >= 15 is 0 Å². The first-order chi connectivity index (χ1) is 12.8. The summed E-state index contributed by atoms with van der Waals surface area (Å²) in [4.78, 5) is 39.3. The highest BCUT2D eigenvalue weighted by molar-refractivity contribution is 6.32. The predicted molar refractivity (Wildman–Crippen MR) is 98.5 cm³/mol. The highest BCUT2D eigenvalue weighted by atomic mass is 35.5. The van der Waals surface area contributed by atoms with Gasteiger partial charge in [0.05, 0.1) is 22.8 Å². The Morgan fingerprint density at radius 2 is 1.67 bits per heavy atom. The van der Waals surface area contributed by atoms with Gasteiger partial charge in [-0.1, -0.05) is 23.7 Å². The van der Waals surface area contributed by atoms with Gasteiger partial charge in [0.1, 0.15) is 5.75 Å². The second-order valence-corrected chi connectivity index (χ2v) is 6.06. The Kier molecular flexibility index (Phi) is 7.01. The zero-order valence-corrected chi connectivity index (χ0v) is 16.0. The molecule has 0 atom stereocenters. The van der Waals surface area contributed by atoms with Crippen LogP contribution < -0.4 is 4.74 Å².